The average Bonchev–Trinajstić information content (AvgIpc) is 2.45. The summed E-state index contributed by atoms with van der Waals surface area (Å²) in [6.07, 6.45) is 1.69. The number of alkyl halides is 3. The van der Waals surface area contributed by atoms with Gasteiger partial charge < -0.3 is 4.74 Å². The lowest BCUT2D eigenvalue weighted by Gasteiger charge is -2.10. The van der Waals surface area contributed by atoms with Gasteiger partial charge in [-0.1, -0.05) is 5.92 Å². The number of methoxy groups -OCH3 is 1. The van der Waals surface area contributed by atoms with Crippen molar-refractivity contribution < 1.29 is 17.9 Å². The molecule has 0 amide bonds. The first-order valence-corrected chi connectivity index (χ1v) is 5.64. The fourth-order valence-electron chi connectivity index (χ4n) is 1.72. The van der Waals surface area contributed by atoms with Gasteiger partial charge in [-0.2, -0.15) is 13.2 Å². The molecule has 20 heavy (non-hydrogen) atoms. The van der Waals surface area contributed by atoms with E-state index < -0.39 is 11.7 Å². The fourth-order valence-corrected chi connectivity index (χ4v) is 1.72. The Morgan fingerprint density at radius 2 is 1.95 bits per heavy atom. The predicted octanol–water partition coefficient (Wildman–Crippen LogP) is 3.76. The molecular weight excluding hydrogens is 267 g/mol. The molecule has 0 saturated heterocycles. The van der Waals surface area contributed by atoms with E-state index in [0.29, 0.717) is 22.6 Å². The smallest absolute Gasteiger partial charge is 0.417 e. The molecule has 0 aliphatic rings. The van der Waals surface area contributed by atoms with E-state index in [1.807, 2.05) is 0 Å². The molecular formula is C15H10F3NO. The molecule has 0 aliphatic carbocycles. The van der Waals surface area contributed by atoms with Crippen LogP contribution in [0.5, 0.6) is 5.75 Å². The van der Waals surface area contributed by atoms with Crippen LogP contribution in [0.15, 0.2) is 36.5 Å². The van der Waals surface area contributed by atoms with Crippen LogP contribution in [0.4, 0.5) is 13.2 Å². The molecule has 0 unspecified atom stereocenters. The quantitative estimate of drug-likeness (QED) is 0.780. The third kappa shape index (κ3) is 2.75. The third-order valence-corrected chi connectivity index (χ3v) is 2.73. The Bertz CT molecular complexity index is 654. The van der Waals surface area contributed by atoms with Crippen LogP contribution in [-0.2, 0) is 6.18 Å². The van der Waals surface area contributed by atoms with Crippen LogP contribution in [0.25, 0.3) is 11.3 Å². The largest absolute Gasteiger partial charge is 0.496 e. The molecule has 1 aromatic heterocycles. The molecule has 1 aromatic carbocycles. The Hall–Kier alpha value is -2.48. The van der Waals surface area contributed by atoms with Gasteiger partial charge in [0.05, 0.1) is 18.4 Å². The van der Waals surface area contributed by atoms with Crippen molar-refractivity contribution in [1.29, 1.82) is 0 Å². The number of pyridine rings is 1. The van der Waals surface area contributed by atoms with Crippen molar-refractivity contribution in [3.05, 3.63) is 47.7 Å². The first-order chi connectivity index (χ1) is 9.45. The standard InChI is InChI=1S/C15H10F3NO/c1-3-10-4-7-14(20-2)12(8-10)13-6-5-11(9-19-13)15(16,17)18/h1,4-9H,2H3. The minimum absolute atomic E-state index is 0.368. The van der Waals surface area contributed by atoms with Gasteiger partial charge in [0.2, 0.25) is 0 Å². The van der Waals surface area contributed by atoms with Gasteiger partial charge in [0, 0.05) is 17.3 Å². The zero-order valence-electron chi connectivity index (χ0n) is 10.5. The van der Waals surface area contributed by atoms with Gasteiger partial charge in [0.25, 0.3) is 0 Å². The zero-order chi connectivity index (χ0) is 14.8. The number of halogens is 3. The maximum atomic E-state index is 12.5. The molecule has 1 heterocycles. The van der Waals surface area contributed by atoms with Crippen LogP contribution in [0, 0.1) is 12.3 Å². The van der Waals surface area contributed by atoms with Crippen LogP contribution in [0.2, 0.25) is 0 Å². The molecule has 0 atom stereocenters. The Kier molecular flexibility index (Phi) is 3.66. The van der Waals surface area contributed by atoms with Crippen LogP contribution < -0.4 is 4.74 Å². The van der Waals surface area contributed by atoms with Crippen molar-refractivity contribution in [1.82, 2.24) is 4.98 Å². The molecule has 0 N–H and O–H groups in total. The van der Waals surface area contributed by atoms with Crippen molar-refractivity contribution in [2.75, 3.05) is 7.11 Å². The Balaban J connectivity index is 2.49. The van der Waals surface area contributed by atoms with Gasteiger partial charge in [-0.05, 0) is 30.3 Å². The maximum absolute atomic E-state index is 12.5. The molecule has 5 heteroatoms. The molecule has 0 aliphatic heterocycles. The molecule has 0 saturated carbocycles. The van der Waals surface area contributed by atoms with Gasteiger partial charge in [-0.3, -0.25) is 4.98 Å². The molecule has 0 spiro atoms. The summed E-state index contributed by atoms with van der Waals surface area (Å²) in [6, 6.07) is 7.26. The molecule has 102 valence electrons. The van der Waals surface area contributed by atoms with Crippen molar-refractivity contribution in [2.45, 2.75) is 6.18 Å². The minimum atomic E-state index is -4.41. The summed E-state index contributed by atoms with van der Waals surface area (Å²) < 4.78 is 42.7. The van der Waals surface area contributed by atoms with Crippen molar-refractivity contribution in [3.8, 4) is 29.4 Å². The first-order valence-electron chi connectivity index (χ1n) is 5.64. The fraction of sp³-hybridized carbons (Fsp3) is 0.133. The monoisotopic (exact) mass is 277 g/mol. The molecule has 2 rings (SSSR count). The number of ether oxygens (including phenoxy) is 1. The van der Waals surface area contributed by atoms with E-state index in [4.69, 9.17) is 11.2 Å². The minimum Gasteiger partial charge on any atom is -0.496 e. The summed E-state index contributed by atoms with van der Waals surface area (Å²) in [5, 5.41) is 0. The van der Waals surface area contributed by atoms with Crippen LogP contribution in [-0.4, -0.2) is 12.1 Å². The molecule has 2 aromatic rings. The van der Waals surface area contributed by atoms with E-state index in [-0.39, 0.29) is 0 Å². The van der Waals surface area contributed by atoms with E-state index >= 15 is 0 Å². The number of nitrogens with zero attached hydrogens (tertiary/aromatic N) is 1. The highest BCUT2D eigenvalue weighted by molar-refractivity contribution is 5.69. The summed E-state index contributed by atoms with van der Waals surface area (Å²) in [5.41, 5.74) is 0.722. The topological polar surface area (TPSA) is 22.1 Å². The van der Waals surface area contributed by atoms with Crippen molar-refractivity contribution >= 4 is 0 Å². The summed E-state index contributed by atoms with van der Waals surface area (Å²) in [5.74, 6) is 2.96. The van der Waals surface area contributed by atoms with Gasteiger partial charge in [-0.25, -0.2) is 0 Å². The number of aromatic nitrogens is 1. The predicted molar refractivity (Wildman–Crippen MR) is 69.2 cm³/mol. The number of hydrogen-bond donors (Lipinski definition) is 0. The first kappa shape index (κ1) is 13.9. The van der Waals surface area contributed by atoms with E-state index in [0.717, 1.165) is 12.3 Å². The Morgan fingerprint density at radius 3 is 2.45 bits per heavy atom. The number of rotatable bonds is 2. The second-order valence-electron chi connectivity index (χ2n) is 3.99. The van der Waals surface area contributed by atoms with Gasteiger partial charge >= 0.3 is 6.18 Å². The van der Waals surface area contributed by atoms with E-state index in [9.17, 15) is 13.2 Å². The zero-order valence-corrected chi connectivity index (χ0v) is 10.5. The highest BCUT2D eigenvalue weighted by Gasteiger charge is 2.30. The highest BCUT2D eigenvalue weighted by atomic mass is 19.4. The van der Waals surface area contributed by atoms with Crippen LogP contribution in [0.3, 0.4) is 0 Å². The van der Waals surface area contributed by atoms with Gasteiger partial charge in [0.15, 0.2) is 0 Å². The second-order valence-corrected chi connectivity index (χ2v) is 3.99. The normalized spacial score (nSPS) is 10.9. The lowest BCUT2D eigenvalue weighted by atomic mass is 10.1. The van der Waals surface area contributed by atoms with Crippen molar-refractivity contribution in [2.24, 2.45) is 0 Å². The lowest BCUT2D eigenvalue weighted by molar-refractivity contribution is -0.137. The molecule has 0 bridgehead atoms. The van der Waals surface area contributed by atoms with Crippen LogP contribution in [0.1, 0.15) is 11.1 Å². The van der Waals surface area contributed by atoms with E-state index in [1.165, 1.54) is 13.2 Å². The lowest BCUT2D eigenvalue weighted by Crippen LogP contribution is -2.05. The number of terminal acetylenes is 1. The summed E-state index contributed by atoms with van der Waals surface area (Å²) in [6.45, 7) is 0. The molecule has 2 nitrogen and oxygen atoms in total. The summed E-state index contributed by atoms with van der Waals surface area (Å²) in [7, 11) is 1.47. The molecule has 0 fully saturated rings. The Labute approximate surface area is 114 Å². The van der Waals surface area contributed by atoms with Crippen LogP contribution >= 0.6 is 0 Å². The Morgan fingerprint density at radius 1 is 1.20 bits per heavy atom. The van der Waals surface area contributed by atoms with Gasteiger partial charge in [0.1, 0.15) is 5.75 Å². The van der Waals surface area contributed by atoms with Gasteiger partial charge in [-0.15, -0.1) is 6.42 Å². The maximum Gasteiger partial charge on any atom is 0.417 e. The van der Waals surface area contributed by atoms with Crippen molar-refractivity contribution in [3.63, 3.8) is 0 Å². The van der Waals surface area contributed by atoms with E-state index in [2.05, 4.69) is 10.9 Å². The summed E-state index contributed by atoms with van der Waals surface area (Å²) >= 11 is 0. The molecule has 0 radical (unpaired) electrons. The third-order valence-electron chi connectivity index (χ3n) is 2.73. The number of benzene rings is 1. The summed E-state index contributed by atoms with van der Waals surface area (Å²) in [4.78, 5) is 3.83. The van der Waals surface area contributed by atoms with E-state index in [1.54, 1.807) is 18.2 Å². The SMILES string of the molecule is C#Cc1ccc(OC)c(-c2ccc(C(F)(F)F)cn2)c1. The second kappa shape index (κ2) is 5.25. The average molecular weight is 277 g/mol. The number of hydrogen-bond acceptors (Lipinski definition) is 2. The highest BCUT2D eigenvalue weighted by Crippen LogP contribution is 2.32.